The SMILES string of the molecule is CC1(C)CCCC1C(=O)Nc1ccc(C(N)=S)cc1Br. The van der Waals surface area contributed by atoms with Gasteiger partial charge in [0.25, 0.3) is 0 Å². The molecule has 1 aromatic rings. The van der Waals surface area contributed by atoms with Crippen LogP contribution in [0.1, 0.15) is 38.7 Å². The Kier molecular flexibility index (Phi) is 4.49. The van der Waals surface area contributed by atoms with Crippen molar-refractivity contribution in [3.63, 3.8) is 0 Å². The molecule has 108 valence electrons. The first-order chi connectivity index (χ1) is 9.31. The Morgan fingerprint density at radius 2 is 2.20 bits per heavy atom. The number of halogens is 1. The molecule has 1 aliphatic rings. The fourth-order valence-electron chi connectivity index (χ4n) is 2.80. The molecule has 1 fully saturated rings. The molecule has 0 heterocycles. The van der Waals surface area contributed by atoms with Crippen molar-refractivity contribution in [1.29, 1.82) is 0 Å². The van der Waals surface area contributed by atoms with E-state index in [9.17, 15) is 4.79 Å². The molecule has 2 rings (SSSR count). The van der Waals surface area contributed by atoms with Gasteiger partial charge < -0.3 is 11.1 Å². The van der Waals surface area contributed by atoms with Crippen molar-refractivity contribution in [2.45, 2.75) is 33.1 Å². The molecule has 0 aromatic heterocycles. The first-order valence-corrected chi connectivity index (χ1v) is 7.91. The third kappa shape index (κ3) is 3.20. The molecule has 1 amide bonds. The monoisotopic (exact) mass is 354 g/mol. The lowest BCUT2D eigenvalue weighted by Crippen LogP contribution is -2.30. The van der Waals surface area contributed by atoms with Crippen LogP contribution >= 0.6 is 28.1 Å². The van der Waals surface area contributed by atoms with E-state index in [1.54, 1.807) is 0 Å². The Balaban J connectivity index is 2.14. The molecule has 1 atom stereocenters. The van der Waals surface area contributed by atoms with Crippen LogP contribution in [0.3, 0.4) is 0 Å². The van der Waals surface area contributed by atoms with Crippen LogP contribution in [0.25, 0.3) is 0 Å². The summed E-state index contributed by atoms with van der Waals surface area (Å²) in [6, 6.07) is 5.48. The predicted molar refractivity (Wildman–Crippen MR) is 89.8 cm³/mol. The zero-order valence-electron chi connectivity index (χ0n) is 11.7. The first kappa shape index (κ1) is 15.4. The Morgan fingerprint density at radius 1 is 1.50 bits per heavy atom. The van der Waals surface area contributed by atoms with Gasteiger partial charge in [-0.2, -0.15) is 0 Å². The minimum atomic E-state index is 0.0738. The zero-order valence-corrected chi connectivity index (χ0v) is 14.1. The lowest BCUT2D eigenvalue weighted by Gasteiger charge is -2.26. The van der Waals surface area contributed by atoms with Crippen molar-refractivity contribution in [2.75, 3.05) is 5.32 Å². The molecular weight excluding hydrogens is 336 g/mol. The molecule has 3 N–H and O–H groups in total. The molecule has 1 aromatic carbocycles. The summed E-state index contributed by atoms with van der Waals surface area (Å²) in [5, 5.41) is 3.00. The molecule has 0 aliphatic heterocycles. The smallest absolute Gasteiger partial charge is 0.228 e. The molecule has 1 aliphatic carbocycles. The van der Waals surface area contributed by atoms with Crippen LogP contribution in [0.15, 0.2) is 22.7 Å². The number of rotatable bonds is 3. The van der Waals surface area contributed by atoms with E-state index < -0.39 is 0 Å². The van der Waals surface area contributed by atoms with Crippen LogP contribution in [-0.4, -0.2) is 10.9 Å². The lowest BCUT2D eigenvalue weighted by atomic mass is 9.81. The second-order valence-corrected chi connectivity index (χ2v) is 7.28. The van der Waals surface area contributed by atoms with Gasteiger partial charge in [-0.05, 0) is 52.4 Å². The number of hydrogen-bond acceptors (Lipinski definition) is 2. The second-order valence-electron chi connectivity index (χ2n) is 5.98. The summed E-state index contributed by atoms with van der Waals surface area (Å²) in [7, 11) is 0. The van der Waals surface area contributed by atoms with Crippen molar-refractivity contribution in [1.82, 2.24) is 0 Å². The number of hydrogen-bond donors (Lipinski definition) is 2. The Bertz CT molecular complexity index is 557. The molecule has 0 radical (unpaired) electrons. The van der Waals surface area contributed by atoms with Crippen LogP contribution < -0.4 is 11.1 Å². The van der Waals surface area contributed by atoms with Crippen LogP contribution in [0.2, 0.25) is 0 Å². The maximum absolute atomic E-state index is 12.4. The molecule has 0 spiro atoms. The fraction of sp³-hybridized carbons (Fsp3) is 0.467. The Hall–Kier alpha value is -0.940. The first-order valence-electron chi connectivity index (χ1n) is 6.71. The van der Waals surface area contributed by atoms with E-state index in [0.717, 1.165) is 35.0 Å². The average Bonchev–Trinajstić information content (AvgIpc) is 2.71. The number of thiocarbonyl (C=S) groups is 1. The topological polar surface area (TPSA) is 55.1 Å². The molecular formula is C15H19BrN2OS. The highest BCUT2D eigenvalue weighted by Crippen LogP contribution is 2.43. The quantitative estimate of drug-likeness (QED) is 0.810. The normalized spacial score (nSPS) is 20.6. The fourth-order valence-corrected chi connectivity index (χ4v) is 3.41. The van der Waals surface area contributed by atoms with Crippen LogP contribution in [0.4, 0.5) is 5.69 Å². The van der Waals surface area contributed by atoms with Crippen LogP contribution in [0, 0.1) is 11.3 Å². The number of benzene rings is 1. The third-order valence-corrected chi connectivity index (χ3v) is 4.98. The summed E-state index contributed by atoms with van der Waals surface area (Å²) in [5.74, 6) is 0.168. The number of nitrogens with two attached hydrogens (primary N) is 1. The number of nitrogens with one attached hydrogen (secondary N) is 1. The van der Waals surface area contributed by atoms with Gasteiger partial charge in [-0.15, -0.1) is 0 Å². The van der Waals surface area contributed by atoms with Crippen molar-refractivity contribution in [3.05, 3.63) is 28.2 Å². The second kappa shape index (κ2) is 5.82. The lowest BCUT2D eigenvalue weighted by molar-refractivity contribution is -0.122. The number of anilines is 1. The Labute approximate surface area is 133 Å². The highest BCUT2D eigenvalue weighted by Gasteiger charge is 2.39. The van der Waals surface area contributed by atoms with Crippen LogP contribution in [-0.2, 0) is 4.79 Å². The van der Waals surface area contributed by atoms with E-state index in [0.29, 0.717) is 4.99 Å². The molecule has 1 saturated carbocycles. The molecule has 0 bridgehead atoms. The number of carbonyl (C=O) groups is 1. The maximum atomic E-state index is 12.4. The van der Waals surface area contributed by atoms with E-state index in [-0.39, 0.29) is 17.2 Å². The molecule has 20 heavy (non-hydrogen) atoms. The molecule has 5 heteroatoms. The summed E-state index contributed by atoms with van der Waals surface area (Å²) in [6.07, 6.45) is 3.18. The molecule has 0 saturated heterocycles. The van der Waals surface area contributed by atoms with Gasteiger partial charge in [0.15, 0.2) is 0 Å². The summed E-state index contributed by atoms with van der Waals surface area (Å²) in [5.41, 5.74) is 7.22. The highest BCUT2D eigenvalue weighted by molar-refractivity contribution is 9.10. The van der Waals surface area contributed by atoms with Gasteiger partial charge in [-0.1, -0.05) is 32.5 Å². The third-order valence-electron chi connectivity index (χ3n) is 4.09. The standard InChI is InChI=1S/C15H19BrN2OS/c1-15(2)7-3-4-10(15)14(19)18-12-6-5-9(13(17)20)8-11(12)16/h5-6,8,10H,3-4,7H2,1-2H3,(H2,17,20)(H,18,19). The van der Waals surface area contributed by atoms with Crippen LogP contribution in [0.5, 0.6) is 0 Å². The van der Waals surface area contributed by atoms with E-state index in [4.69, 9.17) is 18.0 Å². The van der Waals surface area contributed by atoms with Gasteiger partial charge in [-0.25, -0.2) is 0 Å². The number of carbonyl (C=O) groups excluding carboxylic acids is 1. The largest absolute Gasteiger partial charge is 0.389 e. The predicted octanol–water partition coefficient (Wildman–Crippen LogP) is 3.85. The van der Waals surface area contributed by atoms with Gasteiger partial charge in [0.1, 0.15) is 4.99 Å². The van der Waals surface area contributed by atoms with Gasteiger partial charge in [-0.3, -0.25) is 4.79 Å². The van der Waals surface area contributed by atoms with Crippen molar-refractivity contribution < 1.29 is 4.79 Å². The summed E-state index contributed by atoms with van der Waals surface area (Å²) in [6.45, 7) is 4.32. The minimum absolute atomic E-state index is 0.0738. The summed E-state index contributed by atoms with van der Waals surface area (Å²) >= 11 is 8.39. The van der Waals surface area contributed by atoms with E-state index >= 15 is 0 Å². The van der Waals surface area contributed by atoms with Gasteiger partial charge in [0.2, 0.25) is 5.91 Å². The minimum Gasteiger partial charge on any atom is -0.389 e. The van der Waals surface area contributed by atoms with E-state index in [2.05, 4.69) is 35.1 Å². The molecule has 1 unspecified atom stereocenters. The van der Waals surface area contributed by atoms with E-state index in [1.807, 2.05) is 18.2 Å². The summed E-state index contributed by atoms with van der Waals surface area (Å²) < 4.78 is 0.798. The van der Waals surface area contributed by atoms with E-state index in [1.165, 1.54) is 0 Å². The Morgan fingerprint density at radius 3 is 2.70 bits per heavy atom. The maximum Gasteiger partial charge on any atom is 0.228 e. The van der Waals surface area contributed by atoms with Crippen molar-refractivity contribution >= 4 is 44.7 Å². The average molecular weight is 355 g/mol. The zero-order chi connectivity index (χ0) is 14.9. The number of amides is 1. The van der Waals surface area contributed by atoms with Gasteiger partial charge >= 0.3 is 0 Å². The summed E-state index contributed by atoms with van der Waals surface area (Å²) in [4.78, 5) is 12.8. The highest BCUT2D eigenvalue weighted by atomic mass is 79.9. The van der Waals surface area contributed by atoms with Crippen molar-refractivity contribution in [2.24, 2.45) is 17.1 Å². The molecule has 3 nitrogen and oxygen atoms in total. The van der Waals surface area contributed by atoms with Crippen molar-refractivity contribution in [3.8, 4) is 0 Å². The van der Waals surface area contributed by atoms with Gasteiger partial charge in [0, 0.05) is 16.0 Å². The van der Waals surface area contributed by atoms with Gasteiger partial charge in [0.05, 0.1) is 5.69 Å².